The largest absolute Gasteiger partial charge is 0.416 e. The monoisotopic (exact) mass is 301 g/mol. The molecule has 0 saturated carbocycles. The van der Waals surface area contributed by atoms with Crippen molar-refractivity contribution in [3.05, 3.63) is 35.4 Å². The molecule has 3 N–H and O–H groups in total. The van der Waals surface area contributed by atoms with Crippen LogP contribution in [0, 0.1) is 5.92 Å². The zero-order chi connectivity index (χ0) is 15.4. The SMILES string of the molecule is NC(=O)C1C2CC(O)C(O2)C1c1cccc(C(F)(F)F)c1. The molecule has 2 saturated heterocycles. The van der Waals surface area contributed by atoms with E-state index in [9.17, 15) is 23.1 Å². The van der Waals surface area contributed by atoms with Crippen LogP contribution in [0.15, 0.2) is 24.3 Å². The summed E-state index contributed by atoms with van der Waals surface area (Å²) >= 11 is 0. The van der Waals surface area contributed by atoms with E-state index in [4.69, 9.17) is 10.5 Å². The fourth-order valence-corrected chi connectivity index (χ4v) is 3.39. The van der Waals surface area contributed by atoms with Crippen LogP contribution in [0.25, 0.3) is 0 Å². The van der Waals surface area contributed by atoms with Crippen molar-refractivity contribution in [3.63, 3.8) is 0 Å². The van der Waals surface area contributed by atoms with Crippen molar-refractivity contribution in [1.82, 2.24) is 0 Å². The summed E-state index contributed by atoms with van der Waals surface area (Å²) in [5.74, 6) is -1.96. The number of carbonyl (C=O) groups is 1. The minimum absolute atomic E-state index is 0.285. The number of benzene rings is 1. The molecular formula is C14H14F3NO3. The Labute approximate surface area is 118 Å². The number of primary amides is 1. The molecule has 0 aliphatic carbocycles. The van der Waals surface area contributed by atoms with E-state index in [0.29, 0.717) is 5.56 Å². The van der Waals surface area contributed by atoms with Crippen LogP contribution in [-0.2, 0) is 15.7 Å². The van der Waals surface area contributed by atoms with Crippen molar-refractivity contribution in [2.24, 2.45) is 11.7 Å². The number of carbonyl (C=O) groups excluding carboxylic acids is 1. The predicted molar refractivity (Wildman–Crippen MR) is 66.2 cm³/mol. The molecule has 4 nitrogen and oxygen atoms in total. The fourth-order valence-electron chi connectivity index (χ4n) is 3.39. The van der Waals surface area contributed by atoms with E-state index in [1.54, 1.807) is 0 Å². The van der Waals surface area contributed by atoms with E-state index in [2.05, 4.69) is 0 Å². The second-order valence-corrected chi connectivity index (χ2v) is 5.52. The van der Waals surface area contributed by atoms with Gasteiger partial charge in [-0.15, -0.1) is 0 Å². The number of aliphatic hydroxyl groups excluding tert-OH is 1. The number of ether oxygens (including phenoxy) is 1. The highest BCUT2D eigenvalue weighted by Gasteiger charge is 2.56. The number of aliphatic hydroxyl groups is 1. The summed E-state index contributed by atoms with van der Waals surface area (Å²) in [6.45, 7) is 0. The molecule has 0 radical (unpaired) electrons. The van der Waals surface area contributed by atoms with Crippen molar-refractivity contribution in [1.29, 1.82) is 0 Å². The lowest BCUT2D eigenvalue weighted by atomic mass is 9.74. The van der Waals surface area contributed by atoms with E-state index in [0.717, 1.165) is 12.1 Å². The Morgan fingerprint density at radius 2 is 2.10 bits per heavy atom. The molecule has 2 bridgehead atoms. The highest BCUT2D eigenvalue weighted by molar-refractivity contribution is 5.79. The Bertz CT molecular complexity index is 575. The quantitative estimate of drug-likeness (QED) is 0.868. The highest BCUT2D eigenvalue weighted by Crippen LogP contribution is 2.49. The van der Waals surface area contributed by atoms with Gasteiger partial charge in [-0.3, -0.25) is 4.79 Å². The number of nitrogens with two attached hydrogens (primary N) is 1. The number of halogens is 3. The van der Waals surface area contributed by atoms with Crippen LogP contribution < -0.4 is 5.73 Å². The molecule has 1 aromatic carbocycles. The van der Waals surface area contributed by atoms with Gasteiger partial charge in [-0.25, -0.2) is 0 Å². The maximum atomic E-state index is 12.8. The van der Waals surface area contributed by atoms with Crippen molar-refractivity contribution in [3.8, 4) is 0 Å². The average molecular weight is 301 g/mol. The molecule has 7 heteroatoms. The third-order valence-corrected chi connectivity index (χ3v) is 4.25. The van der Waals surface area contributed by atoms with Gasteiger partial charge < -0.3 is 15.6 Å². The Morgan fingerprint density at radius 3 is 2.71 bits per heavy atom. The summed E-state index contributed by atoms with van der Waals surface area (Å²) in [4.78, 5) is 11.6. The van der Waals surface area contributed by atoms with Crippen molar-refractivity contribution in [2.45, 2.75) is 36.8 Å². The molecule has 21 heavy (non-hydrogen) atoms. The van der Waals surface area contributed by atoms with Crippen molar-refractivity contribution in [2.75, 3.05) is 0 Å². The second-order valence-electron chi connectivity index (χ2n) is 5.52. The standard InChI is InChI=1S/C14H14F3NO3/c15-14(16,17)7-3-1-2-6(4-7)10-11(13(18)20)9-5-8(19)12(10)21-9/h1-4,8-12,19H,5H2,(H2,18,20). The fraction of sp³-hybridized carbons (Fsp3) is 0.500. The predicted octanol–water partition coefficient (Wildman–Crippen LogP) is 1.42. The topological polar surface area (TPSA) is 72.6 Å². The number of alkyl halides is 3. The molecule has 0 spiro atoms. The summed E-state index contributed by atoms with van der Waals surface area (Å²) in [6, 6.07) is 4.76. The first-order chi connectivity index (χ1) is 9.79. The molecule has 5 atom stereocenters. The van der Waals surface area contributed by atoms with Crippen LogP contribution >= 0.6 is 0 Å². The first-order valence-electron chi connectivity index (χ1n) is 6.59. The average Bonchev–Trinajstić information content (AvgIpc) is 2.94. The zero-order valence-corrected chi connectivity index (χ0v) is 10.9. The van der Waals surface area contributed by atoms with E-state index in [1.165, 1.54) is 12.1 Å². The molecule has 2 fully saturated rings. The number of hydrogen-bond donors (Lipinski definition) is 2. The maximum absolute atomic E-state index is 12.8. The van der Waals surface area contributed by atoms with Gasteiger partial charge in [0, 0.05) is 12.3 Å². The van der Waals surface area contributed by atoms with Gasteiger partial charge in [0.2, 0.25) is 5.91 Å². The van der Waals surface area contributed by atoms with Crippen LogP contribution in [0.4, 0.5) is 13.2 Å². The minimum Gasteiger partial charge on any atom is -0.390 e. The normalized spacial score (nSPS) is 35.1. The zero-order valence-electron chi connectivity index (χ0n) is 10.9. The Kier molecular flexibility index (Phi) is 3.22. The molecule has 2 aliphatic rings. The Morgan fingerprint density at radius 1 is 1.38 bits per heavy atom. The molecule has 2 heterocycles. The van der Waals surface area contributed by atoms with E-state index >= 15 is 0 Å². The summed E-state index contributed by atoms with van der Waals surface area (Å²) in [6.07, 6.45) is -6.17. The Balaban J connectivity index is 2.00. The van der Waals surface area contributed by atoms with Gasteiger partial charge in [-0.05, 0) is 11.6 Å². The molecule has 2 aliphatic heterocycles. The minimum atomic E-state index is -4.46. The van der Waals surface area contributed by atoms with E-state index in [1.807, 2.05) is 0 Å². The molecular weight excluding hydrogens is 287 g/mol. The van der Waals surface area contributed by atoms with E-state index in [-0.39, 0.29) is 6.42 Å². The Hall–Kier alpha value is -1.60. The van der Waals surface area contributed by atoms with Crippen molar-refractivity contribution < 1.29 is 27.8 Å². The van der Waals surface area contributed by atoms with Crippen LogP contribution in [0.5, 0.6) is 0 Å². The van der Waals surface area contributed by atoms with Gasteiger partial charge in [0.15, 0.2) is 0 Å². The number of amides is 1. The molecule has 3 rings (SSSR count). The van der Waals surface area contributed by atoms with Gasteiger partial charge >= 0.3 is 6.18 Å². The summed E-state index contributed by atoms with van der Waals surface area (Å²) in [5.41, 5.74) is 4.89. The second kappa shape index (κ2) is 4.71. The third-order valence-electron chi connectivity index (χ3n) is 4.25. The van der Waals surface area contributed by atoms with Crippen LogP contribution in [0.2, 0.25) is 0 Å². The first-order valence-corrected chi connectivity index (χ1v) is 6.59. The lowest BCUT2D eigenvalue weighted by Gasteiger charge is -2.29. The molecule has 5 unspecified atom stereocenters. The lowest BCUT2D eigenvalue weighted by molar-refractivity contribution is -0.137. The third kappa shape index (κ3) is 2.30. The molecule has 1 amide bonds. The van der Waals surface area contributed by atoms with Crippen molar-refractivity contribution >= 4 is 5.91 Å². The number of hydrogen-bond acceptors (Lipinski definition) is 3. The van der Waals surface area contributed by atoms with E-state index < -0.39 is 47.8 Å². The molecule has 114 valence electrons. The van der Waals surface area contributed by atoms with Gasteiger partial charge in [0.05, 0.1) is 29.8 Å². The van der Waals surface area contributed by atoms with Gasteiger partial charge in [-0.1, -0.05) is 18.2 Å². The molecule has 0 aromatic heterocycles. The van der Waals surface area contributed by atoms with Gasteiger partial charge in [0.1, 0.15) is 0 Å². The molecule has 1 aromatic rings. The summed E-state index contributed by atoms with van der Waals surface area (Å²) in [7, 11) is 0. The number of rotatable bonds is 2. The first kappa shape index (κ1) is 14.3. The summed E-state index contributed by atoms with van der Waals surface area (Å²) < 4.78 is 43.9. The van der Waals surface area contributed by atoms with Gasteiger partial charge in [0.25, 0.3) is 0 Å². The smallest absolute Gasteiger partial charge is 0.390 e. The summed E-state index contributed by atoms with van der Waals surface area (Å²) in [5, 5.41) is 9.88. The van der Waals surface area contributed by atoms with Crippen LogP contribution in [0.3, 0.4) is 0 Å². The van der Waals surface area contributed by atoms with Gasteiger partial charge in [-0.2, -0.15) is 13.2 Å². The maximum Gasteiger partial charge on any atom is 0.416 e. The van der Waals surface area contributed by atoms with Crippen LogP contribution in [-0.4, -0.2) is 29.3 Å². The van der Waals surface area contributed by atoms with Crippen LogP contribution in [0.1, 0.15) is 23.5 Å². The number of fused-ring (bicyclic) bond motifs is 2. The highest BCUT2D eigenvalue weighted by atomic mass is 19.4. The lowest BCUT2D eigenvalue weighted by Crippen LogP contribution is -2.41.